The van der Waals surface area contributed by atoms with Crippen LogP contribution in [-0.2, 0) is 6.42 Å². The van der Waals surface area contributed by atoms with E-state index in [1.807, 2.05) is 18.2 Å². The van der Waals surface area contributed by atoms with E-state index in [4.69, 9.17) is 18.1 Å². The molecule has 84 valence electrons. The summed E-state index contributed by atoms with van der Waals surface area (Å²) in [5, 5.41) is 6.79. The van der Waals surface area contributed by atoms with Gasteiger partial charge < -0.3 is 5.84 Å². The first-order valence-electron chi connectivity index (χ1n) is 5.15. The van der Waals surface area contributed by atoms with Crippen LogP contribution in [0.5, 0.6) is 0 Å². The normalized spacial score (nSPS) is 12.6. The van der Waals surface area contributed by atoms with Crippen molar-refractivity contribution in [3.63, 3.8) is 0 Å². The van der Waals surface area contributed by atoms with Crippen molar-refractivity contribution in [2.75, 3.05) is 5.84 Å². The fraction of sp³-hybridized carbons (Fsp3) is 0.273. The van der Waals surface area contributed by atoms with Crippen molar-refractivity contribution in [1.29, 1.82) is 0 Å². The van der Waals surface area contributed by atoms with Crippen LogP contribution in [0.4, 0.5) is 0 Å². The molecular weight excluding hydrogens is 220 g/mol. The summed E-state index contributed by atoms with van der Waals surface area (Å²) in [6.07, 6.45) is 0.771. The van der Waals surface area contributed by atoms with E-state index in [9.17, 15) is 0 Å². The second-order valence-electron chi connectivity index (χ2n) is 3.83. The molecule has 0 saturated heterocycles. The van der Waals surface area contributed by atoms with Crippen molar-refractivity contribution < 1.29 is 0 Å². The molecule has 0 amide bonds. The molecule has 0 aliphatic rings. The maximum atomic E-state index is 5.75. The van der Waals surface area contributed by atoms with Gasteiger partial charge in [0, 0.05) is 6.42 Å². The number of nitrogens with one attached hydrogen (secondary N) is 1. The van der Waals surface area contributed by atoms with Gasteiger partial charge in [-0.05, 0) is 23.7 Å². The minimum Gasteiger partial charge on any atom is -0.335 e. The predicted molar refractivity (Wildman–Crippen MR) is 66.1 cm³/mol. The summed E-state index contributed by atoms with van der Waals surface area (Å²) >= 11 is 4.96. The van der Waals surface area contributed by atoms with E-state index in [2.05, 4.69) is 29.3 Å². The standard InChI is InChI=1S/C11H14N4S/c1-8(9-5-3-2-4-6-9)7-10-13-14-11(16)15(10)12/h2-6,8H,7,12H2,1H3,(H,14,16)/t8-/m1/s1. The van der Waals surface area contributed by atoms with E-state index in [1.54, 1.807) is 0 Å². The van der Waals surface area contributed by atoms with Crippen LogP contribution in [0.1, 0.15) is 24.2 Å². The van der Waals surface area contributed by atoms with Gasteiger partial charge in [0.05, 0.1) is 0 Å². The molecule has 0 spiro atoms. The average molecular weight is 234 g/mol. The van der Waals surface area contributed by atoms with Gasteiger partial charge in [-0.25, -0.2) is 4.68 Å². The Hall–Kier alpha value is -1.62. The van der Waals surface area contributed by atoms with Gasteiger partial charge in [0.25, 0.3) is 0 Å². The zero-order chi connectivity index (χ0) is 11.5. The van der Waals surface area contributed by atoms with Crippen molar-refractivity contribution in [3.05, 3.63) is 46.5 Å². The molecule has 2 rings (SSSR count). The van der Waals surface area contributed by atoms with E-state index in [1.165, 1.54) is 10.2 Å². The molecule has 0 aliphatic carbocycles. The number of nitrogens with zero attached hydrogens (tertiary/aromatic N) is 2. The number of rotatable bonds is 3. The van der Waals surface area contributed by atoms with Crippen molar-refractivity contribution in [2.24, 2.45) is 0 Å². The zero-order valence-corrected chi connectivity index (χ0v) is 9.87. The summed E-state index contributed by atoms with van der Waals surface area (Å²) < 4.78 is 1.88. The van der Waals surface area contributed by atoms with Crippen molar-refractivity contribution in [3.8, 4) is 0 Å². The minimum absolute atomic E-state index is 0.369. The number of hydrogen-bond acceptors (Lipinski definition) is 3. The lowest BCUT2D eigenvalue weighted by atomic mass is 9.98. The first kappa shape index (κ1) is 10.9. The third-order valence-electron chi connectivity index (χ3n) is 2.63. The second kappa shape index (κ2) is 4.49. The molecule has 2 aromatic rings. The topological polar surface area (TPSA) is 59.6 Å². The Labute approximate surface area is 99.1 Å². The Morgan fingerprint density at radius 2 is 2.12 bits per heavy atom. The molecule has 5 heteroatoms. The molecule has 3 N–H and O–H groups in total. The number of nitrogens with two attached hydrogens (primary N) is 1. The van der Waals surface area contributed by atoms with Gasteiger partial charge in [-0.1, -0.05) is 37.3 Å². The number of aromatic amines is 1. The van der Waals surface area contributed by atoms with Gasteiger partial charge in [-0.2, -0.15) is 5.10 Å². The van der Waals surface area contributed by atoms with Crippen molar-refractivity contribution in [1.82, 2.24) is 14.9 Å². The van der Waals surface area contributed by atoms with Crippen LogP contribution in [0.3, 0.4) is 0 Å². The van der Waals surface area contributed by atoms with E-state index in [-0.39, 0.29) is 0 Å². The fourth-order valence-corrected chi connectivity index (χ4v) is 1.81. The van der Waals surface area contributed by atoms with E-state index in [0.717, 1.165) is 12.2 Å². The molecule has 0 bridgehead atoms. The summed E-state index contributed by atoms with van der Waals surface area (Å²) in [6.45, 7) is 2.15. The largest absolute Gasteiger partial charge is 0.335 e. The Morgan fingerprint density at radius 3 is 2.69 bits per heavy atom. The molecule has 4 nitrogen and oxygen atoms in total. The first-order valence-corrected chi connectivity index (χ1v) is 5.55. The van der Waals surface area contributed by atoms with Gasteiger partial charge in [-0.3, -0.25) is 5.10 Å². The Kier molecular flexibility index (Phi) is 3.05. The predicted octanol–water partition coefficient (Wildman–Crippen LogP) is 2.00. The molecule has 0 radical (unpaired) electrons. The minimum atomic E-state index is 0.369. The molecule has 1 aromatic carbocycles. The fourth-order valence-electron chi connectivity index (χ4n) is 1.65. The van der Waals surface area contributed by atoms with E-state index < -0.39 is 0 Å². The lowest BCUT2D eigenvalue weighted by Crippen LogP contribution is -2.14. The number of H-pyrrole nitrogens is 1. The third kappa shape index (κ3) is 2.14. The summed E-state index contributed by atoms with van der Waals surface area (Å²) in [6, 6.07) is 10.3. The Balaban J connectivity index is 2.17. The smallest absolute Gasteiger partial charge is 0.214 e. The SMILES string of the molecule is C[C@H](Cc1n[nH]c(=S)n1N)c1ccccc1. The summed E-state index contributed by atoms with van der Waals surface area (Å²) in [7, 11) is 0. The monoisotopic (exact) mass is 234 g/mol. The molecular formula is C11H14N4S. The highest BCUT2D eigenvalue weighted by Crippen LogP contribution is 2.18. The van der Waals surface area contributed by atoms with Gasteiger partial charge in [-0.15, -0.1) is 0 Å². The molecule has 0 aliphatic heterocycles. The molecule has 1 atom stereocenters. The maximum Gasteiger partial charge on any atom is 0.214 e. The van der Waals surface area contributed by atoms with Crippen LogP contribution in [-0.4, -0.2) is 14.9 Å². The highest BCUT2D eigenvalue weighted by molar-refractivity contribution is 7.71. The lowest BCUT2D eigenvalue weighted by molar-refractivity contribution is 0.693. The number of nitrogen functional groups attached to an aromatic ring is 1. The van der Waals surface area contributed by atoms with Gasteiger partial charge >= 0.3 is 0 Å². The first-order chi connectivity index (χ1) is 7.68. The van der Waals surface area contributed by atoms with Gasteiger partial charge in [0.15, 0.2) is 5.82 Å². The molecule has 16 heavy (non-hydrogen) atoms. The average Bonchev–Trinajstić information content (AvgIpc) is 2.62. The number of aromatic nitrogens is 3. The third-order valence-corrected chi connectivity index (χ3v) is 2.92. The van der Waals surface area contributed by atoms with Crippen LogP contribution in [0.2, 0.25) is 0 Å². The Bertz CT molecular complexity index is 514. The van der Waals surface area contributed by atoms with Crippen LogP contribution in [0.15, 0.2) is 30.3 Å². The molecule has 0 unspecified atom stereocenters. The van der Waals surface area contributed by atoms with Crippen molar-refractivity contribution >= 4 is 12.2 Å². The van der Waals surface area contributed by atoms with Crippen LogP contribution in [0, 0.1) is 4.77 Å². The maximum absolute atomic E-state index is 5.75. The molecule has 1 aromatic heterocycles. The highest BCUT2D eigenvalue weighted by atomic mass is 32.1. The molecule has 0 saturated carbocycles. The number of hydrogen-bond donors (Lipinski definition) is 2. The van der Waals surface area contributed by atoms with Crippen LogP contribution in [0.25, 0.3) is 0 Å². The quantitative estimate of drug-likeness (QED) is 0.631. The number of benzene rings is 1. The van der Waals surface area contributed by atoms with Gasteiger partial charge in [0.1, 0.15) is 0 Å². The van der Waals surface area contributed by atoms with E-state index >= 15 is 0 Å². The summed E-state index contributed by atoms with van der Waals surface area (Å²) in [5.74, 6) is 6.90. The summed E-state index contributed by atoms with van der Waals surface area (Å²) in [5.41, 5.74) is 1.27. The molecule has 0 fully saturated rings. The lowest BCUT2D eigenvalue weighted by Gasteiger charge is -2.10. The van der Waals surface area contributed by atoms with Crippen LogP contribution < -0.4 is 5.84 Å². The zero-order valence-electron chi connectivity index (χ0n) is 9.05. The van der Waals surface area contributed by atoms with E-state index in [0.29, 0.717) is 10.7 Å². The second-order valence-corrected chi connectivity index (χ2v) is 4.22. The summed E-state index contributed by atoms with van der Waals surface area (Å²) in [4.78, 5) is 0. The van der Waals surface area contributed by atoms with Crippen molar-refractivity contribution in [2.45, 2.75) is 19.3 Å². The molecule has 1 heterocycles. The van der Waals surface area contributed by atoms with Crippen LogP contribution >= 0.6 is 12.2 Å². The van der Waals surface area contributed by atoms with Gasteiger partial charge in [0.2, 0.25) is 4.77 Å². The Morgan fingerprint density at radius 1 is 1.44 bits per heavy atom. The highest BCUT2D eigenvalue weighted by Gasteiger charge is 2.10.